The molecule has 0 bridgehead atoms. The molecule has 96 valence electrons. The molecule has 2 aromatic rings. The van der Waals surface area contributed by atoms with Gasteiger partial charge in [-0.25, -0.2) is 0 Å². The third-order valence-corrected chi connectivity index (χ3v) is 2.76. The van der Waals surface area contributed by atoms with Gasteiger partial charge in [-0.15, -0.1) is 0 Å². The van der Waals surface area contributed by atoms with Gasteiger partial charge in [0.1, 0.15) is 5.82 Å². The Morgan fingerprint density at radius 2 is 2.22 bits per heavy atom. The minimum Gasteiger partial charge on any atom is -0.384 e. The molecule has 1 amide bonds. The number of nitrogens with one attached hydrogen (secondary N) is 1. The summed E-state index contributed by atoms with van der Waals surface area (Å²) >= 11 is 0. The minimum atomic E-state index is -0.163. The number of hydrogen-bond donors (Lipinski definition) is 2. The highest BCUT2D eigenvalue weighted by atomic mass is 16.1. The number of nitrogens with two attached hydrogens (primary N) is 1. The van der Waals surface area contributed by atoms with Crippen molar-refractivity contribution in [3.63, 3.8) is 0 Å². The molecule has 0 radical (unpaired) electrons. The van der Waals surface area contributed by atoms with Crippen LogP contribution < -0.4 is 11.1 Å². The lowest BCUT2D eigenvalue weighted by molar-refractivity contribution is 0.0950. The summed E-state index contributed by atoms with van der Waals surface area (Å²) in [6.07, 6.45) is 3.34. The SMILES string of the molecule is Cc1nn(C)cc1C(=O)NCc1cnn(C)c1N. The molecule has 3 N–H and O–H groups in total. The summed E-state index contributed by atoms with van der Waals surface area (Å²) in [4.78, 5) is 11.9. The van der Waals surface area contributed by atoms with Crippen molar-refractivity contribution < 1.29 is 4.79 Å². The van der Waals surface area contributed by atoms with E-state index >= 15 is 0 Å². The molecule has 18 heavy (non-hydrogen) atoms. The van der Waals surface area contributed by atoms with Crippen LogP contribution in [0.2, 0.25) is 0 Å². The van der Waals surface area contributed by atoms with Gasteiger partial charge in [0.2, 0.25) is 0 Å². The number of carbonyl (C=O) groups excluding carboxylic acids is 1. The lowest BCUT2D eigenvalue weighted by Gasteiger charge is -2.03. The Morgan fingerprint density at radius 3 is 2.72 bits per heavy atom. The predicted molar refractivity (Wildman–Crippen MR) is 66.7 cm³/mol. The standard InChI is InChI=1S/C11H16N6O/c1-7-9(6-16(2)15-7)11(18)13-4-8-5-14-17(3)10(8)12/h5-6H,4,12H2,1-3H3,(H,13,18). The van der Waals surface area contributed by atoms with Crippen molar-refractivity contribution in [3.05, 3.63) is 29.2 Å². The molecule has 2 rings (SSSR count). The number of carbonyl (C=O) groups is 1. The maximum absolute atomic E-state index is 11.9. The van der Waals surface area contributed by atoms with Crippen LogP contribution in [-0.2, 0) is 20.6 Å². The first-order valence-corrected chi connectivity index (χ1v) is 5.54. The topological polar surface area (TPSA) is 90.8 Å². The highest BCUT2D eigenvalue weighted by molar-refractivity contribution is 5.95. The molecule has 0 fully saturated rings. The van der Waals surface area contributed by atoms with E-state index in [-0.39, 0.29) is 5.91 Å². The Hall–Kier alpha value is -2.31. The van der Waals surface area contributed by atoms with Crippen molar-refractivity contribution in [2.45, 2.75) is 13.5 Å². The smallest absolute Gasteiger partial charge is 0.255 e. The Balaban J connectivity index is 2.05. The summed E-state index contributed by atoms with van der Waals surface area (Å²) in [6, 6.07) is 0. The van der Waals surface area contributed by atoms with Crippen LogP contribution in [-0.4, -0.2) is 25.5 Å². The van der Waals surface area contributed by atoms with Gasteiger partial charge in [-0.1, -0.05) is 0 Å². The maximum atomic E-state index is 11.9. The van der Waals surface area contributed by atoms with Crippen molar-refractivity contribution in [2.24, 2.45) is 14.1 Å². The fraction of sp³-hybridized carbons (Fsp3) is 0.364. The molecule has 0 aliphatic heterocycles. The molecule has 0 unspecified atom stereocenters. The molecule has 2 aromatic heterocycles. The molecule has 0 spiro atoms. The number of anilines is 1. The van der Waals surface area contributed by atoms with E-state index in [0.29, 0.717) is 23.6 Å². The van der Waals surface area contributed by atoms with Gasteiger partial charge in [0.05, 0.1) is 17.5 Å². The lowest BCUT2D eigenvalue weighted by atomic mass is 10.2. The van der Waals surface area contributed by atoms with E-state index in [0.717, 1.165) is 5.56 Å². The van der Waals surface area contributed by atoms with E-state index in [2.05, 4.69) is 15.5 Å². The Morgan fingerprint density at radius 1 is 1.50 bits per heavy atom. The van der Waals surface area contributed by atoms with E-state index < -0.39 is 0 Å². The number of rotatable bonds is 3. The van der Waals surface area contributed by atoms with Crippen molar-refractivity contribution in [1.29, 1.82) is 0 Å². The summed E-state index contributed by atoms with van der Waals surface area (Å²) < 4.78 is 3.18. The summed E-state index contributed by atoms with van der Waals surface area (Å²) in [6.45, 7) is 2.15. The number of amides is 1. The zero-order valence-corrected chi connectivity index (χ0v) is 10.6. The van der Waals surface area contributed by atoms with Crippen LogP contribution in [0, 0.1) is 6.92 Å². The van der Waals surface area contributed by atoms with E-state index in [4.69, 9.17) is 5.73 Å². The summed E-state index contributed by atoms with van der Waals surface area (Å²) in [5.74, 6) is 0.391. The second-order valence-corrected chi connectivity index (χ2v) is 4.16. The van der Waals surface area contributed by atoms with Gasteiger partial charge in [0.15, 0.2) is 0 Å². The fourth-order valence-electron chi connectivity index (χ4n) is 1.72. The Kier molecular flexibility index (Phi) is 3.05. The van der Waals surface area contributed by atoms with Gasteiger partial charge in [-0.2, -0.15) is 10.2 Å². The van der Waals surface area contributed by atoms with Crippen LogP contribution in [0.1, 0.15) is 21.6 Å². The van der Waals surface area contributed by atoms with E-state index in [1.807, 2.05) is 0 Å². The number of nitrogen functional groups attached to an aromatic ring is 1. The first-order chi connectivity index (χ1) is 8.49. The molecule has 0 saturated heterocycles. The number of nitrogens with zero attached hydrogens (tertiary/aromatic N) is 4. The third-order valence-electron chi connectivity index (χ3n) is 2.76. The molecule has 0 aliphatic carbocycles. The van der Waals surface area contributed by atoms with Crippen molar-refractivity contribution >= 4 is 11.7 Å². The molecule has 0 aromatic carbocycles. The van der Waals surface area contributed by atoms with Crippen LogP contribution in [0.5, 0.6) is 0 Å². The molecule has 2 heterocycles. The minimum absolute atomic E-state index is 0.163. The number of aromatic nitrogens is 4. The molecule has 0 saturated carbocycles. The lowest BCUT2D eigenvalue weighted by Crippen LogP contribution is -2.23. The predicted octanol–water partition coefficient (Wildman–Crippen LogP) is -0.0258. The van der Waals surface area contributed by atoms with Crippen LogP contribution in [0.25, 0.3) is 0 Å². The molecule has 0 atom stereocenters. The Labute approximate surface area is 105 Å². The van der Waals surface area contributed by atoms with Crippen LogP contribution in [0.4, 0.5) is 5.82 Å². The quantitative estimate of drug-likeness (QED) is 0.798. The van der Waals surface area contributed by atoms with Crippen molar-refractivity contribution in [3.8, 4) is 0 Å². The van der Waals surface area contributed by atoms with E-state index in [9.17, 15) is 4.79 Å². The Bertz CT molecular complexity index is 582. The van der Waals surface area contributed by atoms with Crippen LogP contribution in [0.15, 0.2) is 12.4 Å². The van der Waals surface area contributed by atoms with Gasteiger partial charge in [-0.05, 0) is 6.92 Å². The molecular formula is C11H16N6O. The number of hydrogen-bond acceptors (Lipinski definition) is 4. The first-order valence-electron chi connectivity index (χ1n) is 5.54. The zero-order chi connectivity index (χ0) is 13.3. The van der Waals surface area contributed by atoms with E-state index in [1.54, 1.807) is 42.8 Å². The maximum Gasteiger partial charge on any atom is 0.255 e. The van der Waals surface area contributed by atoms with Gasteiger partial charge in [-0.3, -0.25) is 14.2 Å². The molecular weight excluding hydrogens is 232 g/mol. The average molecular weight is 248 g/mol. The van der Waals surface area contributed by atoms with Gasteiger partial charge >= 0.3 is 0 Å². The first kappa shape index (κ1) is 12.2. The second kappa shape index (κ2) is 4.52. The largest absolute Gasteiger partial charge is 0.384 e. The monoisotopic (exact) mass is 248 g/mol. The normalized spacial score (nSPS) is 10.6. The zero-order valence-electron chi connectivity index (χ0n) is 10.6. The highest BCUT2D eigenvalue weighted by Crippen LogP contribution is 2.09. The third kappa shape index (κ3) is 2.20. The summed E-state index contributed by atoms with van der Waals surface area (Å²) in [5.41, 5.74) is 7.87. The molecule has 7 nitrogen and oxygen atoms in total. The van der Waals surface area contributed by atoms with Gasteiger partial charge in [0, 0.05) is 32.4 Å². The molecule has 0 aliphatic rings. The van der Waals surface area contributed by atoms with Crippen LogP contribution in [0.3, 0.4) is 0 Å². The van der Waals surface area contributed by atoms with Crippen molar-refractivity contribution in [1.82, 2.24) is 24.9 Å². The van der Waals surface area contributed by atoms with Gasteiger partial charge in [0.25, 0.3) is 5.91 Å². The summed E-state index contributed by atoms with van der Waals surface area (Å²) in [7, 11) is 3.54. The second-order valence-electron chi connectivity index (χ2n) is 4.16. The number of aryl methyl sites for hydroxylation is 3. The summed E-state index contributed by atoms with van der Waals surface area (Å²) in [5, 5.41) is 10.9. The van der Waals surface area contributed by atoms with Gasteiger partial charge < -0.3 is 11.1 Å². The molecule has 7 heteroatoms. The average Bonchev–Trinajstić information content (AvgIpc) is 2.81. The van der Waals surface area contributed by atoms with Crippen LogP contribution >= 0.6 is 0 Å². The van der Waals surface area contributed by atoms with E-state index in [1.165, 1.54) is 0 Å². The van der Waals surface area contributed by atoms with Crippen molar-refractivity contribution in [2.75, 3.05) is 5.73 Å². The fourth-order valence-corrected chi connectivity index (χ4v) is 1.72. The highest BCUT2D eigenvalue weighted by Gasteiger charge is 2.13.